The Hall–Kier alpha value is -1.55. The third-order valence-corrected chi connectivity index (χ3v) is 3.09. The van der Waals surface area contributed by atoms with Crippen LogP contribution in [0.15, 0.2) is 22.6 Å². The van der Waals surface area contributed by atoms with Crippen LogP contribution in [0.4, 0.5) is 5.69 Å². The molecule has 98 valence electrons. The SMILES string of the molecule is CCCCN(CC)Cc1nc2cc(N)ccc2o1. The fourth-order valence-corrected chi connectivity index (χ4v) is 1.98. The van der Waals surface area contributed by atoms with Crippen molar-refractivity contribution in [1.82, 2.24) is 9.88 Å². The van der Waals surface area contributed by atoms with Gasteiger partial charge in [-0.05, 0) is 37.7 Å². The molecule has 4 heteroatoms. The van der Waals surface area contributed by atoms with Crippen LogP contribution in [0, 0.1) is 0 Å². The van der Waals surface area contributed by atoms with Crippen LogP contribution in [0.1, 0.15) is 32.6 Å². The summed E-state index contributed by atoms with van der Waals surface area (Å²) in [5.74, 6) is 0.772. The van der Waals surface area contributed by atoms with E-state index in [4.69, 9.17) is 10.2 Å². The number of rotatable bonds is 6. The molecule has 0 aliphatic rings. The van der Waals surface area contributed by atoms with Gasteiger partial charge < -0.3 is 10.2 Å². The van der Waals surface area contributed by atoms with E-state index in [2.05, 4.69) is 23.7 Å². The van der Waals surface area contributed by atoms with Gasteiger partial charge in [0.05, 0.1) is 6.54 Å². The average molecular weight is 247 g/mol. The molecule has 2 N–H and O–H groups in total. The normalized spacial score (nSPS) is 11.5. The second kappa shape index (κ2) is 5.87. The molecule has 0 spiro atoms. The molecule has 18 heavy (non-hydrogen) atoms. The first-order chi connectivity index (χ1) is 8.72. The lowest BCUT2D eigenvalue weighted by Gasteiger charge is -2.17. The summed E-state index contributed by atoms with van der Waals surface area (Å²) in [6, 6.07) is 5.57. The predicted octanol–water partition coefficient (Wildman–Crippen LogP) is 3.03. The molecular weight excluding hydrogens is 226 g/mol. The van der Waals surface area contributed by atoms with Crippen molar-refractivity contribution < 1.29 is 4.42 Å². The van der Waals surface area contributed by atoms with Gasteiger partial charge in [0, 0.05) is 5.69 Å². The monoisotopic (exact) mass is 247 g/mol. The number of fused-ring (bicyclic) bond motifs is 1. The minimum Gasteiger partial charge on any atom is -0.439 e. The number of oxazole rings is 1. The maximum absolute atomic E-state index is 5.73. The van der Waals surface area contributed by atoms with Gasteiger partial charge in [0.25, 0.3) is 0 Å². The van der Waals surface area contributed by atoms with E-state index in [0.717, 1.165) is 42.3 Å². The molecule has 1 aromatic carbocycles. The van der Waals surface area contributed by atoms with Crippen molar-refractivity contribution in [2.75, 3.05) is 18.8 Å². The largest absolute Gasteiger partial charge is 0.439 e. The van der Waals surface area contributed by atoms with Gasteiger partial charge in [0.1, 0.15) is 5.52 Å². The van der Waals surface area contributed by atoms with Gasteiger partial charge in [0.2, 0.25) is 5.89 Å². The highest BCUT2D eigenvalue weighted by Gasteiger charge is 2.10. The van der Waals surface area contributed by atoms with Crippen molar-refractivity contribution in [3.63, 3.8) is 0 Å². The topological polar surface area (TPSA) is 55.3 Å². The molecule has 0 aliphatic carbocycles. The predicted molar refractivity (Wildman–Crippen MR) is 74.3 cm³/mol. The quantitative estimate of drug-likeness (QED) is 0.797. The molecule has 0 saturated heterocycles. The Morgan fingerprint density at radius 1 is 1.33 bits per heavy atom. The zero-order valence-electron chi connectivity index (χ0n) is 11.1. The molecule has 0 radical (unpaired) electrons. The Kier molecular flexibility index (Phi) is 4.20. The number of nitrogens with two attached hydrogens (primary N) is 1. The number of nitrogens with zero attached hydrogens (tertiary/aromatic N) is 2. The van der Waals surface area contributed by atoms with E-state index in [0.29, 0.717) is 0 Å². The van der Waals surface area contributed by atoms with Crippen molar-refractivity contribution in [2.24, 2.45) is 0 Å². The first-order valence-electron chi connectivity index (χ1n) is 6.60. The number of benzene rings is 1. The molecule has 2 aromatic rings. The number of aromatic nitrogens is 1. The first kappa shape index (κ1) is 12.9. The van der Waals surface area contributed by atoms with Crippen molar-refractivity contribution in [1.29, 1.82) is 0 Å². The summed E-state index contributed by atoms with van der Waals surface area (Å²) in [4.78, 5) is 6.83. The van der Waals surface area contributed by atoms with Gasteiger partial charge in [0.15, 0.2) is 5.58 Å². The van der Waals surface area contributed by atoms with Crippen LogP contribution in [0.5, 0.6) is 0 Å². The third kappa shape index (κ3) is 3.01. The standard InChI is InChI=1S/C14H21N3O/c1-3-5-8-17(4-2)10-14-16-12-9-11(15)6-7-13(12)18-14/h6-7,9H,3-5,8,10,15H2,1-2H3. The summed E-state index contributed by atoms with van der Waals surface area (Å²) >= 11 is 0. The number of hydrogen-bond donors (Lipinski definition) is 1. The highest BCUT2D eigenvalue weighted by Crippen LogP contribution is 2.19. The summed E-state index contributed by atoms with van der Waals surface area (Å²) in [6.45, 7) is 7.24. The molecule has 1 heterocycles. The summed E-state index contributed by atoms with van der Waals surface area (Å²) in [7, 11) is 0. The van der Waals surface area contributed by atoms with Crippen molar-refractivity contribution in [3.8, 4) is 0 Å². The van der Waals surface area contributed by atoms with Gasteiger partial charge in [-0.2, -0.15) is 0 Å². The Morgan fingerprint density at radius 2 is 2.17 bits per heavy atom. The smallest absolute Gasteiger partial charge is 0.209 e. The first-order valence-corrected chi connectivity index (χ1v) is 6.60. The zero-order valence-corrected chi connectivity index (χ0v) is 11.1. The lowest BCUT2D eigenvalue weighted by molar-refractivity contribution is 0.250. The highest BCUT2D eigenvalue weighted by molar-refractivity contribution is 5.76. The van der Waals surface area contributed by atoms with E-state index in [9.17, 15) is 0 Å². The number of hydrogen-bond acceptors (Lipinski definition) is 4. The molecule has 4 nitrogen and oxygen atoms in total. The van der Waals surface area contributed by atoms with Crippen molar-refractivity contribution >= 4 is 16.8 Å². The second-order valence-electron chi connectivity index (χ2n) is 4.56. The van der Waals surface area contributed by atoms with Gasteiger partial charge in [-0.3, -0.25) is 4.90 Å². The molecule has 0 aliphatic heterocycles. The summed E-state index contributed by atoms with van der Waals surface area (Å²) < 4.78 is 5.73. The van der Waals surface area contributed by atoms with Crippen LogP contribution in [0.25, 0.3) is 11.1 Å². The molecule has 0 bridgehead atoms. The van der Waals surface area contributed by atoms with Gasteiger partial charge in [-0.15, -0.1) is 0 Å². The number of nitrogen functional groups attached to an aromatic ring is 1. The van der Waals surface area contributed by atoms with Crippen LogP contribution < -0.4 is 5.73 Å². The maximum Gasteiger partial charge on any atom is 0.209 e. The number of unbranched alkanes of at least 4 members (excludes halogenated alkanes) is 1. The lowest BCUT2D eigenvalue weighted by atomic mass is 10.3. The van der Waals surface area contributed by atoms with Crippen LogP contribution in [0.2, 0.25) is 0 Å². The lowest BCUT2D eigenvalue weighted by Crippen LogP contribution is -2.24. The van der Waals surface area contributed by atoms with Crippen LogP contribution in [0.3, 0.4) is 0 Å². The molecule has 0 amide bonds. The van der Waals surface area contributed by atoms with E-state index < -0.39 is 0 Å². The van der Waals surface area contributed by atoms with Gasteiger partial charge in [-0.25, -0.2) is 4.98 Å². The second-order valence-corrected chi connectivity index (χ2v) is 4.56. The van der Waals surface area contributed by atoms with E-state index in [1.165, 1.54) is 12.8 Å². The van der Waals surface area contributed by atoms with E-state index in [-0.39, 0.29) is 0 Å². The van der Waals surface area contributed by atoms with Crippen LogP contribution in [-0.4, -0.2) is 23.0 Å². The summed E-state index contributed by atoms with van der Waals surface area (Å²) in [5, 5.41) is 0. The van der Waals surface area contributed by atoms with Crippen LogP contribution >= 0.6 is 0 Å². The van der Waals surface area contributed by atoms with Crippen molar-refractivity contribution in [3.05, 3.63) is 24.1 Å². The summed E-state index contributed by atoms with van der Waals surface area (Å²) in [5.41, 5.74) is 8.11. The fraction of sp³-hybridized carbons (Fsp3) is 0.500. The highest BCUT2D eigenvalue weighted by atomic mass is 16.3. The maximum atomic E-state index is 5.73. The van der Waals surface area contributed by atoms with Crippen LogP contribution in [-0.2, 0) is 6.54 Å². The molecule has 0 atom stereocenters. The molecule has 0 saturated carbocycles. The zero-order chi connectivity index (χ0) is 13.0. The molecule has 2 rings (SSSR count). The molecule has 0 unspecified atom stereocenters. The Bertz CT molecular complexity index is 507. The van der Waals surface area contributed by atoms with E-state index >= 15 is 0 Å². The Morgan fingerprint density at radius 3 is 2.89 bits per heavy atom. The molecular formula is C14H21N3O. The summed E-state index contributed by atoms with van der Waals surface area (Å²) in [6.07, 6.45) is 2.42. The van der Waals surface area contributed by atoms with Gasteiger partial charge >= 0.3 is 0 Å². The minimum absolute atomic E-state index is 0.723. The Balaban J connectivity index is 2.10. The molecule has 0 fully saturated rings. The minimum atomic E-state index is 0.723. The third-order valence-electron chi connectivity index (χ3n) is 3.09. The van der Waals surface area contributed by atoms with Gasteiger partial charge in [-0.1, -0.05) is 20.3 Å². The number of anilines is 1. The Labute approximate surface area is 108 Å². The molecule has 1 aromatic heterocycles. The van der Waals surface area contributed by atoms with E-state index in [1.54, 1.807) is 0 Å². The fourth-order valence-electron chi connectivity index (χ4n) is 1.98. The average Bonchev–Trinajstić information content (AvgIpc) is 2.75. The van der Waals surface area contributed by atoms with E-state index in [1.807, 2.05) is 18.2 Å². The van der Waals surface area contributed by atoms with Crippen molar-refractivity contribution in [2.45, 2.75) is 33.2 Å².